The summed E-state index contributed by atoms with van der Waals surface area (Å²) >= 11 is 5.64. The number of nitrogens with one attached hydrogen (secondary N) is 2. The van der Waals surface area contributed by atoms with Crippen LogP contribution in [0.3, 0.4) is 0 Å². The van der Waals surface area contributed by atoms with E-state index in [1.165, 1.54) is 0 Å². The first-order chi connectivity index (χ1) is 12.8. The molecule has 0 saturated heterocycles. The molecule has 27 heavy (non-hydrogen) atoms. The summed E-state index contributed by atoms with van der Waals surface area (Å²) < 4.78 is 0. The van der Waals surface area contributed by atoms with Gasteiger partial charge in [-0.3, -0.25) is 4.79 Å². The zero-order chi connectivity index (χ0) is 20.0. The Kier molecular flexibility index (Phi) is 7.80. The summed E-state index contributed by atoms with van der Waals surface area (Å²) in [5, 5.41) is 5.14. The van der Waals surface area contributed by atoms with Crippen molar-refractivity contribution in [3.8, 4) is 0 Å². The molecular formula is C21H32N4OS. The maximum absolute atomic E-state index is 12.6. The summed E-state index contributed by atoms with van der Waals surface area (Å²) in [6.07, 6.45) is 1.99. The molecule has 1 aromatic carbocycles. The van der Waals surface area contributed by atoms with Crippen LogP contribution in [0.5, 0.6) is 0 Å². The van der Waals surface area contributed by atoms with Crippen LogP contribution in [0.1, 0.15) is 37.8 Å². The van der Waals surface area contributed by atoms with Gasteiger partial charge in [0.2, 0.25) is 0 Å². The lowest BCUT2D eigenvalue weighted by Crippen LogP contribution is -2.44. The molecule has 6 heteroatoms. The molecule has 148 valence electrons. The Morgan fingerprint density at radius 1 is 1.26 bits per heavy atom. The zero-order valence-corrected chi connectivity index (χ0v) is 17.9. The third kappa shape index (κ3) is 6.33. The Morgan fingerprint density at radius 3 is 2.67 bits per heavy atom. The minimum absolute atomic E-state index is 0.0444. The Labute approximate surface area is 167 Å². The molecule has 1 aromatic heterocycles. The van der Waals surface area contributed by atoms with Crippen molar-refractivity contribution in [2.45, 2.75) is 46.2 Å². The Bertz CT molecular complexity index is 831. The van der Waals surface area contributed by atoms with Gasteiger partial charge >= 0.3 is 0 Å². The molecule has 0 spiro atoms. The lowest BCUT2D eigenvalue weighted by molar-refractivity contribution is 0.338. The van der Waals surface area contributed by atoms with Gasteiger partial charge in [-0.25, -0.2) is 0 Å². The molecule has 0 aliphatic rings. The van der Waals surface area contributed by atoms with Gasteiger partial charge < -0.3 is 20.1 Å². The average Bonchev–Trinajstić information content (AvgIpc) is 2.60. The van der Waals surface area contributed by atoms with E-state index in [9.17, 15) is 4.79 Å². The van der Waals surface area contributed by atoms with Crippen LogP contribution >= 0.6 is 12.2 Å². The van der Waals surface area contributed by atoms with Gasteiger partial charge in [-0.2, -0.15) is 0 Å². The highest BCUT2D eigenvalue weighted by Crippen LogP contribution is 2.14. The number of thiocarbonyl (C=S) groups is 1. The molecule has 1 atom stereocenters. The fraction of sp³-hybridized carbons (Fsp3) is 0.524. The molecular weight excluding hydrogens is 356 g/mol. The van der Waals surface area contributed by atoms with E-state index in [0.29, 0.717) is 17.7 Å². The van der Waals surface area contributed by atoms with Crippen LogP contribution in [0.2, 0.25) is 0 Å². The second-order valence-corrected chi connectivity index (χ2v) is 7.94. The minimum atomic E-state index is -0.0444. The number of fused-ring (bicyclic) bond motifs is 1. The molecule has 0 fully saturated rings. The lowest BCUT2D eigenvalue weighted by Gasteiger charge is -2.28. The summed E-state index contributed by atoms with van der Waals surface area (Å²) in [6, 6.07) is 8.42. The van der Waals surface area contributed by atoms with Gasteiger partial charge in [0.25, 0.3) is 5.56 Å². The van der Waals surface area contributed by atoms with E-state index in [2.05, 4.69) is 60.2 Å². The van der Waals surface area contributed by atoms with E-state index < -0.39 is 0 Å². The van der Waals surface area contributed by atoms with Gasteiger partial charge in [-0.15, -0.1) is 0 Å². The highest BCUT2D eigenvalue weighted by molar-refractivity contribution is 7.80. The molecule has 0 saturated carbocycles. The van der Waals surface area contributed by atoms with Gasteiger partial charge in [-0.05, 0) is 82.6 Å². The standard InChI is InChI=1S/C21H32N4OS/c1-6-16(3)22-21(27)25(11-7-10-24(4)5)14-18-13-17-9-8-15(2)12-19(17)23-20(18)26/h8-9,12-13,16H,6-7,10-11,14H2,1-5H3,(H,22,27)(H,23,26)/t16-/m1/s1. The molecule has 0 radical (unpaired) electrons. The maximum Gasteiger partial charge on any atom is 0.253 e. The highest BCUT2D eigenvalue weighted by Gasteiger charge is 2.14. The van der Waals surface area contributed by atoms with Crippen LogP contribution < -0.4 is 10.9 Å². The van der Waals surface area contributed by atoms with Crippen LogP contribution in [0.15, 0.2) is 29.1 Å². The monoisotopic (exact) mass is 388 g/mol. The van der Waals surface area contributed by atoms with Crippen LogP contribution in [-0.2, 0) is 6.54 Å². The van der Waals surface area contributed by atoms with Crippen LogP contribution in [0.4, 0.5) is 0 Å². The molecule has 1 heterocycles. The van der Waals surface area contributed by atoms with Crippen molar-refractivity contribution in [2.24, 2.45) is 0 Å². The largest absolute Gasteiger partial charge is 0.360 e. The number of nitrogens with zero attached hydrogens (tertiary/aromatic N) is 2. The number of H-pyrrole nitrogens is 1. The molecule has 2 N–H and O–H groups in total. The van der Waals surface area contributed by atoms with Gasteiger partial charge in [0.05, 0.1) is 6.54 Å². The highest BCUT2D eigenvalue weighted by atomic mass is 32.1. The van der Waals surface area contributed by atoms with Gasteiger partial charge in [0.15, 0.2) is 5.11 Å². The summed E-state index contributed by atoms with van der Waals surface area (Å²) in [5.41, 5.74) is 2.71. The molecule has 5 nitrogen and oxygen atoms in total. The fourth-order valence-electron chi connectivity index (χ4n) is 2.92. The van der Waals surface area contributed by atoms with Gasteiger partial charge in [0.1, 0.15) is 0 Å². The van der Waals surface area contributed by atoms with E-state index in [0.717, 1.165) is 48.0 Å². The number of pyridine rings is 1. The first-order valence-electron chi connectivity index (χ1n) is 9.63. The van der Waals surface area contributed by atoms with E-state index in [1.54, 1.807) is 0 Å². The van der Waals surface area contributed by atoms with Crippen molar-refractivity contribution in [1.29, 1.82) is 0 Å². The average molecular weight is 389 g/mol. The molecule has 0 amide bonds. The normalized spacial score (nSPS) is 12.4. The molecule has 0 aliphatic carbocycles. The Hall–Kier alpha value is -1.92. The third-order valence-electron chi connectivity index (χ3n) is 4.74. The quantitative estimate of drug-likeness (QED) is 0.680. The molecule has 2 aromatic rings. The van der Waals surface area contributed by atoms with Gasteiger partial charge in [0, 0.05) is 23.7 Å². The number of rotatable bonds is 8. The van der Waals surface area contributed by atoms with Crippen LogP contribution in [-0.4, -0.2) is 53.1 Å². The van der Waals surface area contributed by atoms with Crippen molar-refractivity contribution in [2.75, 3.05) is 27.2 Å². The second kappa shape index (κ2) is 9.85. The minimum Gasteiger partial charge on any atom is -0.360 e. The number of hydrogen-bond acceptors (Lipinski definition) is 3. The lowest BCUT2D eigenvalue weighted by atomic mass is 10.1. The van der Waals surface area contributed by atoms with Crippen molar-refractivity contribution in [3.05, 3.63) is 45.7 Å². The van der Waals surface area contributed by atoms with E-state index in [1.807, 2.05) is 19.1 Å². The SMILES string of the molecule is CC[C@@H](C)NC(=S)N(CCCN(C)C)Cc1cc2ccc(C)cc2[nH]c1=O. The molecule has 0 bridgehead atoms. The first kappa shape index (κ1) is 21.4. The maximum atomic E-state index is 12.6. The van der Waals surface area contributed by atoms with Crippen molar-refractivity contribution >= 4 is 28.2 Å². The van der Waals surface area contributed by atoms with E-state index in [4.69, 9.17) is 12.2 Å². The summed E-state index contributed by atoms with van der Waals surface area (Å²) in [5.74, 6) is 0. The second-order valence-electron chi connectivity index (χ2n) is 7.55. The zero-order valence-electron chi connectivity index (χ0n) is 17.1. The summed E-state index contributed by atoms with van der Waals surface area (Å²) in [6.45, 7) is 8.58. The van der Waals surface area contributed by atoms with E-state index in [-0.39, 0.29) is 5.56 Å². The fourth-order valence-corrected chi connectivity index (χ4v) is 3.27. The predicted octanol–water partition coefficient (Wildman–Crippen LogP) is 3.26. The van der Waals surface area contributed by atoms with Crippen molar-refractivity contribution in [1.82, 2.24) is 20.1 Å². The summed E-state index contributed by atoms with van der Waals surface area (Å²) in [4.78, 5) is 19.9. The van der Waals surface area contributed by atoms with Gasteiger partial charge in [-0.1, -0.05) is 19.1 Å². The molecule has 0 aliphatic heterocycles. The van der Waals surface area contributed by atoms with Crippen molar-refractivity contribution in [3.63, 3.8) is 0 Å². The predicted molar refractivity (Wildman–Crippen MR) is 118 cm³/mol. The Morgan fingerprint density at radius 2 is 2.00 bits per heavy atom. The van der Waals surface area contributed by atoms with E-state index >= 15 is 0 Å². The number of hydrogen-bond donors (Lipinski definition) is 2. The molecule has 0 unspecified atom stereocenters. The molecule has 2 rings (SSSR count). The van der Waals surface area contributed by atoms with Crippen LogP contribution in [0.25, 0.3) is 10.9 Å². The number of aromatic nitrogens is 1. The van der Waals surface area contributed by atoms with Crippen molar-refractivity contribution < 1.29 is 0 Å². The van der Waals surface area contributed by atoms with Crippen LogP contribution in [0, 0.1) is 6.92 Å². The topological polar surface area (TPSA) is 51.4 Å². The summed E-state index contributed by atoms with van der Waals surface area (Å²) in [7, 11) is 4.13. The third-order valence-corrected chi connectivity index (χ3v) is 5.12. The smallest absolute Gasteiger partial charge is 0.253 e. The first-order valence-corrected chi connectivity index (χ1v) is 10.0. The number of aryl methyl sites for hydroxylation is 1. The number of benzene rings is 1. The number of aromatic amines is 1. The Balaban J connectivity index is 2.23.